The number of anilines is 2. The molecule has 0 radical (unpaired) electrons. The van der Waals surface area contributed by atoms with Crippen LogP contribution in [0.25, 0.3) is 0 Å². The first-order chi connectivity index (χ1) is 7.75. The van der Waals surface area contributed by atoms with Crippen molar-refractivity contribution in [1.29, 1.82) is 0 Å². The summed E-state index contributed by atoms with van der Waals surface area (Å²) in [5, 5.41) is 3.32. The van der Waals surface area contributed by atoms with E-state index in [0.717, 1.165) is 15.9 Å². The monoisotopic (exact) mass is 227 g/mol. The second kappa shape index (κ2) is 4.90. The summed E-state index contributed by atoms with van der Waals surface area (Å²) in [7, 11) is 0. The Balaban J connectivity index is 2.31. The van der Waals surface area contributed by atoms with Crippen molar-refractivity contribution < 1.29 is 0 Å². The van der Waals surface area contributed by atoms with E-state index in [-0.39, 0.29) is 0 Å². The van der Waals surface area contributed by atoms with Gasteiger partial charge in [0.25, 0.3) is 0 Å². The van der Waals surface area contributed by atoms with Crippen LogP contribution in [0.3, 0.4) is 0 Å². The lowest BCUT2D eigenvalue weighted by molar-refractivity contribution is 1.46. The van der Waals surface area contributed by atoms with E-state index in [1.165, 1.54) is 5.56 Å². The molecule has 0 spiro atoms. The summed E-state index contributed by atoms with van der Waals surface area (Å²) in [6.07, 6.45) is 0. The lowest BCUT2D eigenvalue weighted by Crippen LogP contribution is -1.89. The fourth-order valence-corrected chi connectivity index (χ4v) is 1.62. The molecule has 16 heavy (non-hydrogen) atoms. The summed E-state index contributed by atoms with van der Waals surface area (Å²) in [6, 6.07) is 18.1. The summed E-state index contributed by atoms with van der Waals surface area (Å²) in [4.78, 5) is 0. The lowest BCUT2D eigenvalue weighted by atomic mass is 10.2. The second-order valence-corrected chi connectivity index (χ2v) is 4.12. The first-order valence-electron chi connectivity index (χ1n) is 5.19. The van der Waals surface area contributed by atoms with Crippen molar-refractivity contribution in [3.8, 4) is 0 Å². The summed E-state index contributed by atoms with van der Waals surface area (Å²) in [5.41, 5.74) is 3.27. The largest absolute Gasteiger partial charge is 0.354 e. The predicted octanol–water partition coefficient (Wildman–Crippen LogP) is 4.47. The summed E-state index contributed by atoms with van der Waals surface area (Å²) >= 11 is 5.28. The molecule has 2 heteroatoms. The highest BCUT2D eigenvalue weighted by molar-refractivity contribution is 7.71. The van der Waals surface area contributed by atoms with Crippen molar-refractivity contribution in [2.24, 2.45) is 0 Å². The van der Waals surface area contributed by atoms with Crippen LogP contribution in [0.2, 0.25) is 0 Å². The van der Waals surface area contributed by atoms with Gasteiger partial charge < -0.3 is 5.32 Å². The number of rotatable bonds is 2. The van der Waals surface area contributed by atoms with E-state index >= 15 is 0 Å². The Morgan fingerprint density at radius 1 is 0.875 bits per heavy atom. The van der Waals surface area contributed by atoms with Crippen LogP contribution in [-0.2, 0) is 0 Å². The Morgan fingerprint density at radius 3 is 2.31 bits per heavy atom. The van der Waals surface area contributed by atoms with Gasteiger partial charge in [0.15, 0.2) is 0 Å². The SMILES string of the molecule is Cc1ccc(Nc2cccccc2=S)cc1. The maximum Gasteiger partial charge on any atom is 0.0612 e. The smallest absolute Gasteiger partial charge is 0.0612 e. The van der Waals surface area contributed by atoms with Gasteiger partial charge in [-0.2, -0.15) is 0 Å². The molecule has 2 aromatic carbocycles. The van der Waals surface area contributed by atoms with E-state index in [1.54, 1.807) is 0 Å². The molecule has 2 rings (SSSR count). The van der Waals surface area contributed by atoms with Crippen molar-refractivity contribution in [2.45, 2.75) is 6.92 Å². The fraction of sp³-hybridized carbons (Fsp3) is 0.0714. The minimum atomic E-state index is 0.825. The number of nitrogens with one attached hydrogen (secondary N) is 1. The third kappa shape index (κ3) is 2.67. The Labute approximate surface area is 101 Å². The number of aryl methyl sites for hydroxylation is 1. The molecule has 0 aliphatic heterocycles. The van der Waals surface area contributed by atoms with E-state index in [0.29, 0.717) is 0 Å². The van der Waals surface area contributed by atoms with Crippen LogP contribution in [0.5, 0.6) is 0 Å². The Hall–Kier alpha value is -1.67. The molecule has 0 aromatic heterocycles. The molecule has 0 saturated heterocycles. The zero-order valence-corrected chi connectivity index (χ0v) is 9.92. The molecule has 0 aliphatic rings. The van der Waals surface area contributed by atoms with Crippen LogP contribution in [0.4, 0.5) is 11.4 Å². The minimum Gasteiger partial charge on any atom is -0.354 e. The van der Waals surface area contributed by atoms with Gasteiger partial charge >= 0.3 is 0 Å². The maximum absolute atomic E-state index is 5.28. The first-order valence-corrected chi connectivity index (χ1v) is 5.59. The molecular formula is C14H13NS. The number of hydrogen-bond acceptors (Lipinski definition) is 2. The molecule has 0 amide bonds. The van der Waals surface area contributed by atoms with E-state index in [9.17, 15) is 0 Å². The standard InChI is InChI=1S/C14H13NS/c1-11-7-9-12(10-8-11)15-13-5-3-2-4-6-14(13)16/h2-10H,1H3,(H,15,16). The van der Waals surface area contributed by atoms with Gasteiger partial charge in [-0.15, -0.1) is 0 Å². The van der Waals surface area contributed by atoms with Crippen LogP contribution < -0.4 is 5.32 Å². The van der Waals surface area contributed by atoms with Gasteiger partial charge in [0.2, 0.25) is 0 Å². The van der Waals surface area contributed by atoms with E-state index < -0.39 is 0 Å². The van der Waals surface area contributed by atoms with Crippen molar-refractivity contribution in [2.75, 3.05) is 5.32 Å². The van der Waals surface area contributed by atoms with E-state index in [2.05, 4.69) is 36.5 Å². The van der Waals surface area contributed by atoms with Crippen molar-refractivity contribution in [3.63, 3.8) is 0 Å². The number of benzene rings is 1. The molecule has 0 unspecified atom stereocenters. The summed E-state index contributed by atoms with van der Waals surface area (Å²) < 4.78 is 0.825. The zero-order valence-electron chi connectivity index (χ0n) is 9.10. The van der Waals surface area contributed by atoms with Gasteiger partial charge in [0.05, 0.1) is 10.2 Å². The van der Waals surface area contributed by atoms with Crippen molar-refractivity contribution in [1.82, 2.24) is 0 Å². The van der Waals surface area contributed by atoms with Crippen LogP contribution in [0.1, 0.15) is 5.56 Å². The molecule has 0 heterocycles. The highest BCUT2D eigenvalue weighted by Gasteiger charge is 1.94. The minimum absolute atomic E-state index is 0.825. The van der Waals surface area contributed by atoms with Crippen LogP contribution in [0, 0.1) is 11.4 Å². The first kappa shape index (κ1) is 10.8. The van der Waals surface area contributed by atoms with Crippen LogP contribution in [0.15, 0.2) is 54.6 Å². The van der Waals surface area contributed by atoms with Gasteiger partial charge in [-0.05, 0) is 31.2 Å². The third-order valence-electron chi connectivity index (χ3n) is 2.33. The fourth-order valence-electron chi connectivity index (χ4n) is 1.43. The molecule has 1 N–H and O–H groups in total. The predicted molar refractivity (Wildman–Crippen MR) is 71.7 cm³/mol. The molecule has 0 saturated carbocycles. The van der Waals surface area contributed by atoms with Crippen LogP contribution >= 0.6 is 12.2 Å². The molecule has 2 aromatic rings. The van der Waals surface area contributed by atoms with E-state index in [1.807, 2.05) is 30.3 Å². The highest BCUT2D eigenvalue weighted by Crippen LogP contribution is 2.17. The Bertz CT molecular complexity index is 532. The van der Waals surface area contributed by atoms with Gasteiger partial charge in [-0.3, -0.25) is 0 Å². The summed E-state index contributed by atoms with van der Waals surface area (Å²) in [6.45, 7) is 2.07. The topological polar surface area (TPSA) is 12.0 Å². The molecule has 80 valence electrons. The number of hydrogen-bond donors (Lipinski definition) is 1. The van der Waals surface area contributed by atoms with E-state index in [4.69, 9.17) is 12.2 Å². The molecular weight excluding hydrogens is 214 g/mol. The Morgan fingerprint density at radius 2 is 1.56 bits per heavy atom. The van der Waals surface area contributed by atoms with Crippen LogP contribution in [-0.4, -0.2) is 0 Å². The normalized spacial score (nSPS) is 9.81. The molecule has 1 nitrogen and oxygen atoms in total. The van der Waals surface area contributed by atoms with Gasteiger partial charge in [-0.25, -0.2) is 0 Å². The average Bonchev–Trinajstić information content (AvgIpc) is 2.48. The average molecular weight is 227 g/mol. The molecule has 0 aliphatic carbocycles. The lowest BCUT2D eigenvalue weighted by Gasteiger charge is -2.04. The van der Waals surface area contributed by atoms with Gasteiger partial charge in [0.1, 0.15) is 0 Å². The van der Waals surface area contributed by atoms with Gasteiger partial charge in [0, 0.05) is 5.69 Å². The Kier molecular flexibility index (Phi) is 3.32. The third-order valence-corrected chi connectivity index (χ3v) is 2.68. The molecule has 0 fully saturated rings. The quantitative estimate of drug-likeness (QED) is 0.760. The maximum atomic E-state index is 5.28. The van der Waals surface area contributed by atoms with Crippen molar-refractivity contribution >= 4 is 23.6 Å². The van der Waals surface area contributed by atoms with Crippen molar-refractivity contribution in [3.05, 3.63) is 64.7 Å². The molecule has 0 bridgehead atoms. The molecule has 0 atom stereocenters. The second-order valence-electron chi connectivity index (χ2n) is 3.68. The highest BCUT2D eigenvalue weighted by atomic mass is 32.1. The summed E-state index contributed by atoms with van der Waals surface area (Å²) in [5.74, 6) is 0. The van der Waals surface area contributed by atoms with Gasteiger partial charge in [-0.1, -0.05) is 48.1 Å². The zero-order chi connectivity index (χ0) is 11.4.